The van der Waals surface area contributed by atoms with Crippen molar-refractivity contribution >= 4 is 33.4 Å². The summed E-state index contributed by atoms with van der Waals surface area (Å²) in [4.78, 5) is 6.78. The Hall–Kier alpha value is -0.810. The predicted molar refractivity (Wildman–Crippen MR) is 55.0 cm³/mol. The molecular formula is C8H8N3S2+. The quantitative estimate of drug-likeness (QED) is 0.605. The molecular weight excluding hydrogens is 202 g/mol. The molecule has 3 nitrogen and oxygen atoms in total. The molecule has 1 aromatic rings. The summed E-state index contributed by atoms with van der Waals surface area (Å²) in [5.41, 5.74) is 0. The van der Waals surface area contributed by atoms with E-state index in [4.69, 9.17) is 0 Å². The topological polar surface area (TPSA) is 19.5 Å². The third kappa shape index (κ3) is 1.19. The average Bonchev–Trinajstić information content (AvgIpc) is 2.72. The van der Waals surface area contributed by atoms with Crippen LogP contribution in [0.2, 0.25) is 0 Å². The second-order valence-electron chi connectivity index (χ2n) is 2.87. The zero-order valence-electron chi connectivity index (χ0n) is 6.88. The first kappa shape index (κ1) is 7.58. The van der Waals surface area contributed by atoms with Crippen LogP contribution in [0.25, 0.3) is 0 Å². The summed E-state index contributed by atoms with van der Waals surface area (Å²) in [7, 11) is 0. The van der Waals surface area contributed by atoms with Gasteiger partial charge in [-0.2, -0.15) is 0 Å². The van der Waals surface area contributed by atoms with E-state index in [0.717, 1.165) is 23.4 Å². The lowest BCUT2D eigenvalue weighted by Gasteiger charge is -2.07. The number of aromatic nitrogens is 1. The maximum Gasteiger partial charge on any atom is 0.385 e. The lowest BCUT2D eigenvalue weighted by Crippen LogP contribution is -2.35. The Morgan fingerprint density at radius 2 is 2.54 bits per heavy atom. The molecule has 0 bridgehead atoms. The summed E-state index contributed by atoms with van der Waals surface area (Å²) in [6.07, 6.45) is 4.20. The SMILES string of the molecule is C1=CN2CC[n+]3ccsc3N=C2S1. The van der Waals surface area contributed by atoms with Crippen LogP contribution in [0.3, 0.4) is 0 Å². The molecule has 5 heteroatoms. The number of nitrogens with zero attached hydrogens (tertiary/aromatic N) is 3. The van der Waals surface area contributed by atoms with E-state index in [1.807, 2.05) is 0 Å². The zero-order chi connectivity index (χ0) is 8.67. The number of hydrogen-bond acceptors (Lipinski definition) is 4. The third-order valence-corrected chi connectivity index (χ3v) is 3.68. The third-order valence-electron chi connectivity index (χ3n) is 2.09. The van der Waals surface area contributed by atoms with Crippen LogP contribution in [0.4, 0.5) is 5.13 Å². The Morgan fingerprint density at radius 1 is 1.54 bits per heavy atom. The van der Waals surface area contributed by atoms with Gasteiger partial charge in [0.1, 0.15) is 12.7 Å². The molecule has 0 amide bonds. The second-order valence-corrected chi connectivity index (χ2v) is 4.62. The van der Waals surface area contributed by atoms with Gasteiger partial charge in [0.2, 0.25) is 0 Å². The van der Waals surface area contributed by atoms with Crippen LogP contribution >= 0.6 is 23.1 Å². The van der Waals surface area contributed by atoms with Gasteiger partial charge in [-0.3, -0.25) is 0 Å². The van der Waals surface area contributed by atoms with Crippen molar-refractivity contribution in [2.75, 3.05) is 6.54 Å². The van der Waals surface area contributed by atoms with Crippen LogP contribution in [-0.4, -0.2) is 16.6 Å². The number of amidine groups is 1. The monoisotopic (exact) mass is 210 g/mol. The number of thiazole rings is 1. The smallest absolute Gasteiger partial charge is 0.302 e. The summed E-state index contributed by atoms with van der Waals surface area (Å²) in [6.45, 7) is 2.05. The molecule has 13 heavy (non-hydrogen) atoms. The van der Waals surface area contributed by atoms with Gasteiger partial charge in [-0.05, 0) is 22.2 Å². The van der Waals surface area contributed by atoms with Crippen molar-refractivity contribution in [1.29, 1.82) is 0 Å². The van der Waals surface area contributed by atoms with Crippen molar-refractivity contribution in [3.05, 3.63) is 23.2 Å². The second kappa shape index (κ2) is 2.85. The fraction of sp³-hybridized carbons (Fsp3) is 0.250. The van der Waals surface area contributed by atoms with Crippen molar-refractivity contribution in [2.24, 2.45) is 4.99 Å². The van der Waals surface area contributed by atoms with Gasteiger partial charge >= 0.3 is 5.13 Å². The van der Waals surface area contributed by atoms with Crippen LogP contribution in [0.15, 0.2) is 28.2 Å². The van der Waals surface area contributed by atoms with Crippen molar-refractivity contribution < 1.29 is 4.57 Å². The number of hydrogen-bond donors (Lipinski definition) is 0. The number of fused-ring (bicyclic) bond motifs is 2. The maximum absolute atomic E-state index is 4.59. The van der Waals surface area contributed by atoms with Gasteiger partial charge in [-0.25, -0.2) is 4.57 Å². The summed E-state index contributed by atoms with van der Waals surface area (Å²) in [5.74, 6) is 0. The average molecular weight is 210 g/mol. The highest BCUT2D eigenvalue weighted by Crippen LogP contribution is 2.25. The number of thioether (sulfide) groups is 1. The van der Waals surface area contributed by atoms with Gasteiger partial charge in [0.05, 0.1) is 6.54 Å². The van der Waals surface area contributed by atoms with E-state index in [0.29, 0.717) is 0 Å². The van der Waals surface area contributed by atoms with Gasteiger partial charge in [0.15, 0.2) is 0 Å². The minimum atomic E-state index is 1.02. The van der Waals surface area contributed by atoms with Crippen LogP contribution in [0.5, 0.6) is 0 Å². The van der Waals surface area contributed by atoms with E-state index in [2.05, 4.69) is 37.6 Å². The van der Waals surface area contributed by atoms with Gasteiger partial charge in [0, 0.05) is 11.6 Å². The van der Waals surface area contributed by atoms with Crippen molar-refractivity contribution in [3.8, 4) is 0 Å². The highest BCUT2D eigenvalue weighted by Gasteiger charge is 2.26. The molecule has 2 aliphatic heterocycles. The summed E-state index contributed by atoms with van der Waals surface area (Å²) < 4.78 is 2.20. The molecule has 0 N–H and O–H groups in total. The predicted octanol–water partition coefficient (Wildman–Crippen LogP) is 1.56. The largest absolute Gasteiger partial charge is 0.385 e. The molecule has 2 aliphatic rings. The minimum Gasteiger partial charge on any atom is -0.302 e. The van der Waals surface area contributed by atoms with Gasteiger partial charge in [-0.1, -0.05) is 11.3 Å². The molecule has 0 saturated carbocycles. The molecule has 1 aromatic heterocycles. The van der Waals surface area contributed by atoms with E-state index in [-0.39, 0.29) is 0 Å². The number of aliphatic imine (C=N–C) groups is 1. The van der Waals surface area contributed by atoms with Crippen LogP contribution in [0, 0.1) is 0 Å². The van der Waals surface area contributed by atoms with Crippen LogP contribution in [0.1, 0.15) is 0 Å². The molecule has 0 saturated heterocycles. The first-order valence-electron chi connectivity index (χ1n) is 4.09. The van der Waals surface area contributed by atoms with Crippen LogP contribution < -0.4 is 4.57 Å². The highest BCUT2D eigenvalue weighted by atomic mass is 32.2. The highest BCUT2D eigenvalue weighted by molar-refractivity contribution is 8.16. The van der Waals surface area contributed by atoms with Gasteiger partial charge < -0.3 is 4.90 Å². The fourth-order valence-corrected chi connectivity index (χ4v) is 2.98. The van der Waals surface area contributed by atoms with E-state index in [1.54, 1.807) is 23.1 Å². The van der Waals surface area contributed by atoms with E-state index >= 15 is 0 Å². The summed E-state index contributed by atoms with van der Waals surface area (Å²) >= 11 is 3.39. The number of rotatable bonds is 0. The van der Waals surface area contributed by atoms with E-state index < -0.39 is 0 Å². The molecule has 0 atom stereocenters. The maximum atomic E-state index is 4.59. The first-order chi connectivity index (χ1) is 6.43. The molecule has 3 rings (SSSR count). The molecule has 0 spiro atoms. The molecule has 0 radical (unpaired) electrons. The minimum absolute atomic E-state index is 1.02. The van der Waals surface area contributed by atoms with E-state index in [1.165, 1.54) is 0 Å². The molecule has 3 heterocycles. The molecule has 0 fully saturated rings. The fourth-order valence-electron chi connectivity index (χ4n) is 1.41. The Bertz CT molecular complexity index is 394. The Kier molecular flexibility index (Phi) is 1.66. The normalized spacial score (nSPS) is 19.4. The zero-order valence-corrected chi connectivity index (χ0v) is 8.51. The molecule has 0 aliphatic carbocycles. The Morgan fingerprint density at radius 3 is 3.54 bits per heavy atom. The Balaban J connectivity index is 2.07. The van der Waals surface area contributed by atoms with Crippen molar-refractivity contribution in [2.45, 2.75) is 6.54 Å². The van der Waals surface area contributed by atoms with Gasteiger partial charge in [0.25, 0.3) is 5.17 Å². The summed E-state index contributed by atoms with van der Waals surface area (Å²) in [6, 6.07) is 0. The lowest BCUT2D eigenvalue weighted by molar-refractivity contribution is -0.678. The summed E-state index contributed by atoms with van der Waals surface area (Å²) in [5, 5.41) is 6.38. The molecule has 66 valence electrons. The van der Waals surface area contributed by atoms with Crippen molar-refractivity contribution in [3.63, 3.8) is 0 Å². The van der Waals surface area contributed by atoms with Crippen molar-refractivity contribution in [1.82, 2.24) is 4.90 Å². The Labute approximate surface area is 84.4 Å². The van der Waals surface area contributed by atoms with Crippen LogP contribution in [-0.2, 0) is 6.54 Å². The molecule has 0 aromatic carbocycles. The standard InChI is InChI=1S/C8H8N3S2/c1-2-11-4-6-13-8(11)9-7-10(1)3-5-12-7/h3-6H,1-2H2/q+1. The molecule has 0 unspecified atom stereocenters. The van der Waals surface area contributed by atoms with Gasteiger partial charge in [-0.15, -0.1) is 0 Å². The first-order valence-corrected chi connectivity index (χ1v) is 5.85. The van der Waals surface area contributed by atoms with E-state index in [9.17, 15) is 0 Å². The lowest BCUT2D eigenvalue weighted by atomic mass is 10.5.